The fourth-order valence-corrected chi connectivity index (χ4v) is 2.61. The van der Waals surface area contributed by atoms with Gasteiger partial charge in [0, 0.05) is 26.8 Å². The highest BCUT2D eigenvalue weighted by Gasteiger charge is 2.13. The number of amides is 1. The summed E-state index contributed by atoms with van der Waals surface area (Å²) in [5.74, 6) is -0.276. The molecule has 0 radical (unpaired) electrons. The number of nitrogens with one attached hydrogen (secondary N) is 1. The van der Waals surface area contributed by atoms with Crippen molar-refractivity contribution in [1.82, 2.24) is 5.32 Å². The molecule has 0 spiro atoms. The summed E-state index contributed by atoms with van der Waals surface area (Å²) in [6.45, 7) is 7.52. The maximum atomic E-state index is 11.5. The number of carbonyl (C=O) groups is 3. The molecule has 7 nitrogen and oxygen atoms in total. The van der Waals surface area contributed by atoms with Crippen molar-refractivity contribution >= 4 is 18.0 Å². The molecule has 0 aliphatic carbocycles. The van der Waals surface area contributed by atoms with E-state index in [0.717, 1.165) is 32.1 Å². The van der Waals surface area contributed by atoms with Crippen molar-refractivity contribution in [1.29, 1.82) is 0 Å². The van der Waals surface area contributed by atoms with Gasteiger partial charge < -0.3 is 19.9 Å². The van der Waals surface area contributed by atoms with E-state index in [2.05, 4.69) is 19.2 Å². The predicted octanol–water partition coefficient (Wildman–Crippen LogP) is 3.71. The molecule has 0 aliphatic heterocycles. The van der Waals surface area contributed by atoms with Gasteiger partial charge in [0.25, 0.3) is 0 Å². The molecule has 0 unspecified atom stereocenters. The highest BCUT2D eigenvalue weighted by Crippen LogP contribution is 2.21. The second kappa shape index (κ2) is 13.5. The Hall–Kier alpha value is -1.79. The topological polar surface area (TPSA) is 102 Å². The molecule has 0 heterocycles. The van der Waals surface area contributed by atoms with Crippen LogP contribution >= 0.6 is 0 Å². The van der Waals surface area contributed by atoms with Crippen LogP contribution in [-0.4, -0.2) is 36.0 Å². The van der Waals surface area contributed by atoms with Crippen molar-refractivity contribution in [3.63, 3.8) is 0 Å². The molecule has 1 amide bonds. The summed E-state index contributed by atoms with van der Waals surface area (Å²) in [4.78, 5) is 33.0. The minimum Gasteiger partial charge on any atom is -0.481 e. The Morgan fingerprint density at radius 3 is 2.16 bits per heavy atom. The van der Waals surface area contributed by atoms with Gasteiger partial charge in [-0.1, -0.05) is 33.1 Å². The van der Waals surface area contributed by atoms with Gasteiger partial charge in [0.15, 0.2) is 0 Å². The number of esters is 1. The molecule has 0 fully saturated rings. The van der Waals surface area contributed by atoms with Gasteiger partial charge >= 0.3 is 18.0 Å². The van der Waals surface area contributed by atoms with E-state index in [1.165, 1.54) is 13.8 Å². The second-order valence-electron chi connectivity index (χ2n) is 6.77. The quantitative estimate of drug-likeness (QED) is 0.295. The zero-order chi connectivity index (χ0) is 19.2. The molecule has 2 N–H and O–H groups in total. The van der Waals surface area contributed by atoms with Gasteiger partial charge in [-0.25, -0.2) is 4.79 Å². The van der Waals surface area contributed by atoms with Crippen molar-refractivity contribution < 1.29 is 29.0 Å². The fourth-order valence-electron chi connectivity index (χ4n) is 2.61. The number of alkyl carbamates (subject to hydrolysis) is 1. The van der Waals surface area contributed by atoms with Gasteiger partial charge in [-0.15, -0.1) is 0 Å². The average molecular weight is 359 g/mol. The number of rotatable bonds is 13. The minimum atomic E-state index is -0.920. The molecule has 0 aromatic carbocycles. The molecular formula is C18H33NO6. The Morgan fingerprint density at radius 2 is 1.60 bits per heavy atom. The third-order valence-electron chi connectivity index (χ3n) is 3.82. The Bertz CT molecular complexity index is 410. The van der Waals surface area contributed by atoms with Crippen molar-refractivity contribution in [2.75, 3.05) is 6.54 Å². The highest BCUT2D eigenvalue weighted by atomic mass is 16.7. The van der Waals surface area contributed by atoms with E-state index in [1.807, 2.05) is 0 Å². The lowest BCUT2D eigenvalue weighted by Gasteiger charge is -2.17. The number of aliphatic carboxylic acids is 1. The molecule has 0 rings (SSSR count). The van der Waals surface area contributed by atoms with Gasteiger partial charge in [-0.3, -0.25) is 9.59 Å². The molecule has 7 heteroatoms. The van der Waals surface area contributed by atoms with E-state index in [1.54, 1.807) is 0 Å². The fraction of sp³-hybridized carbons (Fsp3) is 0.833. The summed E-state index contributed by atoms with van der Waals surface area (Å²) >= 11 is 0. The zero-order valence-electron chi connectivity index (χ0n) is 15.9. The summed E-state index contributed by atoms with van der Waals surface area (Å²) in [7, 11) is 0. The average Bonchev–Trinajstić information content (AvgIpc) is 2.46. The molecular weight excluding hydrogens is 326 g/mol. The van der Waals surface area contributed by atoms with Gasteiger partial charge in [0.05, 0.1) is 0 Å². The third-order valence-corrected chi connectivity index (χ3v) is 3.82. The minimum absolute atomic E-state index is 0.182. The Balaban J connectivity index is 4.03. The van der Waals surface area contributed by atoms with E-state index >= 15 is 0 Å². The molecule has 0 aromatic rings. The molecule has 0 saturated heterocycles. The summed E-state index contributed by atoms with van der Waals surface area (Å²) in [5.41, 5.74) is 0. The van der Waals surface area contributed by atoms with Crippen LogP contribution in [0.25, 0.3) is 0 Å². The lowest BCUT2D eigenvalue weighted by Crippen LogP contribution is -2.30. The number of hydrogen-bond donors (Lipinski definition) is 2. The van der Waals surface area contributed by atoms with Crippen molar-refractivity contribution in [2.45, 2.75) is 78.9 Å². The number of carboxylic acid groups (broad SMARTS) is 1. The number of carbonyl (C=O) groups excluding carboxylic acids is 2. The second-order valence-corrected chi connectivity index (χ2v) is 6.77. The first-order valence-electron chi connectivity index (χ1n) is 9.04. The van der Waals surface area contributed by atoms with Crippen molar-refractivity contribution in [2.24, 2.45) is 11.8 Å². The summed E-state index contributed by atoms with van der Waals surface area (Å²) in [6.07, 6.45) is 4.17. The first-order valence-corrected chi connectivity index (χ1v) is 9.04. The van der Waals surface area contributed by atoms with Crippen LogP contribution in [0.5, 0.6) is 0 Å². The molecule has 25 heavy (non-hydrogen) atoms. The summed E-state index contributed by atoms with van der Waals surface area (Å²) in [6, 6.07) is 0. The predicted molar refractivity (Wildman–Crippen MR) is 94.0 cm³/mol. The Labute approximate surface area is 150 Å². The van der Waals surface area contributed by atoms with Crippen LogP contribution in [0, 0.1) is 11.8 Å². The van der Waals surface area contributed by atoms with Crippen LogP contribution in [0.1, 0.15) is 72.6 Å². The lowest BCUT2D eigenvalue weighted by atomic mass is 9.90. The van der Waals surface area contributed by atoms with E-state index in [9.17, 15) is 14.4 Å². The van der Waals surface area contributed by atoms with E-state index in [-0.39, 0.29) is 6.42 Å². The highest BCUT2D eigenvalue weighted by molar-refractivity contribution is 5.68. The first kappa shape index (κ1) is 23.2. The maximum Gasteiger partial charge on any atom is 0.410 e. The van der Waals surface area contributed by atoms with E-state index in [0.29, 0.717) is 24.8 Å². The number of carboxylic acids is 1. The van der Waals surface area contributed by atoms with Gasteiger partial charge in [0.2, 0.25) is 6.29 Å². The SMILES string of the molecule is CC(=O)O[C@H](C)OC(=O)NCCC[C@H](CCCC(C)C)CCC(=O)O. The van der Waals surface area contributed by atoms with Crippen molar-refractivity contribution in [3.05, 3.63) is 0 Å². The van der Waals surface area contributed by atoms with Crippen LogP contribution < -0.4 is 5.32 Å². The molecule has 146 valence electrons. The van der Waals surface area contributed by atoms with E-state index in [4.69, 9.17) is 14.6 Å². The lowest BCUT2D eigenvalue weighted by molar-refractivity contribution is -0.162. The zero-order valence-corrected chi connectivity index (χ0v) is 15.9. The van der Waals surface area contributed by atoms with Crippen LogP contribution in [0.3, 0.4) is 0 Å². The Kier molecular flexibility index (Phi) is 12.5. The normalized spacial score (nSPS) is 13.2. The smallest absolute Gasteiger partial charge is 0.410 e. The monoisotopic (exact) mass is 359 g/mol. The molecule has 0 aromatic heterocycles. The van der Waals surface area contributed by atoms with Gasteiger partial charge in [0.1, 0.15) is 0 Å². The molecule has 0 bridgehead atoms. The summed E-state index contributed by atoms with van der Waals surface area (Å²) < 4.78 is 9.57. The molecule has 0 saturated carbocycles. The van der Waals surface area contributed by atoms with Crippen LogP contribution in [0.2, 0.25) is 0 Å². The third kappa shape index (κ3) is 15.5. The van der Waals surface area contributed by atoms with Gasteiger partial charge in [-0.05, 0) is 31.1 Å². The number of ether oxygens (including phenoxy) is 2. The van der Waals surface area contributed by atoms with Crippen LogP contribution in [0.4, 0.5) is 4.79 Å². The van der Waals surface area contributed by atoms with E-state index < -0.39 is 24.3 Å². The maximum absolute atomic E-state index is 11.5. The standard InChI is InChI=1S/C18H33NO6/c1-13(2)7-5-8-16(10-11-17(21)22)9-6-12-19-18(23)25-15(4)24-14(3)20/h13,15-16H,5-12H2,1-4H3,(H,19,23)(H,21,22)/t15-,16-/m0/s1. The molecule has 0 aliphatic rings. The number of hydrogen-bond acceptors (Lipinski definition) is 5. The first-order chi connectivity index (χ1) is 11.7. The van der Waals surface area contributed by atoms with Crippen molar-refractivity contribution in [3.8, 4) is 0 Å². The Morgan fingerprint density at radius 1 is 0.960 bits per heavy atom. The van der Waals surface area contributed by atoms with Gasteiger partial charge in [-0.2, -0.15) is 0 Å². The van der Waals surface area contributed by atoms with Crippen LogP contribution in [0.15, 0.2) is 0 Å². The summed E-state index contributed by atoms with van der Waals surface area (Å²) in [5, 5.41) is 11.5. The molecule has 2 atom stereocenters. The largest absolute Gasteiger partial charge is 0.481 e. The van der Waals surface area contributed by atoms with Crippen LogP contribution in [-0.2, 0) is 19.1 Å².